The Hall–Kier alpha value is 0.1000. The summed E-state index contributed by atoms with van der Waals surface area (Å²) in [6.45, 7) is 8.77. The van der Waals surface area contributed by atoms with Crippen molar-refractivity contribution in [1.29, 1.82) is 0 Å². The first-order chi connectivity index (χ1) is 8.24. The van der Waals surface area contributed by atoms with Gasteiger partial charge in [0.25, 0.3) is 0 Å². The number of nitrogens with zero attached hydrogens (tertiary/aromatic N) is 1. The van der Waals surface area contributed by atoms with Gasteiger partial charge in [-0.05, 0) is 25.7 Å². The van der Waals surface area contributed by atoms with Gasteiger partial charge in [-0.1, -0.05) is 22.5 Å². The molecule has 2 saturated heterocycles. The summed E-state index contributed by atoms with van der Waals surface area (Å²) in [5.41, 5.74) is 0. The van der Waals surface area contributed by atoms with Gasteiger partial charge in [0.15, 0.2) is 0 Å². The number of ether oxygens (including phenoxy) is 2. The molecule has 0 aromatic rings. The molecular weight excluding hydrogens is 282 g/mol. The predicted octanol–water partition coefficient (Wildman–Crippen LogP) is 2.56. The lowest BCUT2D eigenvalue weighted by Gasteiger charge is -2.32. The smallest absolute Gasteiger partial charge is 0.0809 e. The summed E-state index contributed by atoms with van der Waals surface area (Å²) in [5.74, 6) is 0. The maximum absolute atomic E-state index is 5.93. The predicted molar refractivity (Wildman–Crippen MR) is 72.5 cm³/mol. The van der Waals surface area contributed by atoms with Crippen LogP contribution in [0.25, 0.3) is 0 Å². The van der Waals surface area contributed by atoms with E-state index in [0.29, 0.717) is 12.2 Å². The monoisotopic (exact) mass is 303 g/mol. The van der Waals surface area contributed by atoms with E-state index in [4.69, 9.17) is 9.47 Å². The fourth-order valence-electron chi connectivity index (χ4n) is 2.50. The van der Waals surface area contributed by atoms with Gasteiger partial charge >= 0.3 is 0 Å². The molecule has 0 amide bonds. The second-order valence-electron chi connectivity index (χ2n) is 4.96. The zero-order valence-corrected chi connectivity index (χ0v) is 12.0. The molecule has 2 aliphatic rings. The third-order valence-corrected chi connectivity index (χ3v) is 3.72. The molecule has 0 aromatic carbocycles. The Morgan fingerprint density at radius 2 is 2.12 bits per heavy atom. The first-order valence-electron chi connectivity index (χ1n) is 6.53. The highest BCUT2D eigenvalue weighted by atomic mass is 79.9. The van der Waals surface area contributed by atoms with Crippen LogP contribution in [-0.2, 0) is 9.47 Å². The lowest BCUT2D eigenvalue weighted by atomic mass is 10.1. The molecule has 17 heavy (non-hydrogen) atoms. The van der Waals surface area contributed by atoms with Crippen LogP contribution in [0.3, 0.4) is 0 Å². The van der Waals surface area contributed by atoms with Gasteiger partial charge in [-0.2, -0.15) is 0 Å². The number of hydrogen-bond donors (Lipinski definition) is 0. The molecule has 0 aliphatic carbocycles. The topological polar surface area (TPSA) is 21.7 Å². The highest BCUT2D eigenvalue weighted by Gasteiger charge is 2.22. The highest BCUT2D eigenvalue weighted by molar-refractivity contribution is 9.11. The summed E-state index contributed by atoms with van der Waals surface area (Å²) in [7, 11) is 0. The van der Waals surface area contributed by atoms with Gasteiger partial charge in [0.05, 0.1) is 18.8 Å². The molecule has 2 heterocycles. The molecule has 1 atom stereocenters. The van der Waals surface area contributed by atoms with Crippen molar-refractivity contribution in [3.8, 4) is 0 Å². The quantitative estimate of drug-likeness (QED) is 0.779. The van der Waals surface area contributed by atoms with Gasteiger partial charge < -0.3 is 9.47 Å². The maximum atomic E-state index is 5.93. The summed E-state index contributed by atoms with van der Waals surface area (Å²) in [4.78, 5) is 2.42. The lowest BCUT2D eigenvalue weighted by Crippen LogP contribution is -2.38. The van der Waals surface area contributed by atoms with Crippen LogP contribution in [-0.4, -0.2) is 50.0 Å². The van der Waals surface area contributed by atoms with Gasteiger partial charge in [0, 0.05) is 30.7 Å². The zero-order chi connectivity index (χ0) is 12.1. The van der Waals surface area contributed by atoms with Crippen LogP contribution < -0.4 is 0 Å². The SMILES string of the molecule is C=C(Br)CN1CCC(OCC2CCCO2)CC1. The standard InChI is InChI=1S/C13H22BrNO2/c1-11(14)9-15-6-4-12(5-7-15)17-10-13-3-2-8-16-13/h12-13H,1-10H2. The van der Waals surface area contributed by atoms with Crippen molar-refractivity contribution in [3.63, 3.8) is 0 Å². The minimum atomic E-state index is 0.357. The van der Waals surface area contributed by atoms with E-state index in [9.17, 15) is 0 Å². The molecule has 98 valence electrons. The number of rotatable bonds is 5. The number of likely N-dealkylation sites (tertiary alicyclic amines) is 1. The minimum Gasteiger partial charge on any atom is -0.376 e. The second kappa shape index (κ2) is 6.88. The van der Waals surface area contributed by atoms with Gasteiger partial charge in [-0.15, -0.1) is 0 Å². The second-order valence-corrected chi connectivity index (χ2v) is 6.08. The largest absolute Gasteiger partial charge is 0.376 e. The summed E-state index contributed by atoms with van der Waals surface area (Å²) in [6, 6.07) is 0. The van der Waals surface area contributed by atoms with E-state index in [2.05, 4.69) is 27.4 Å². The third-order valence-electron chi connectivity index (χ3n) is 3.47. The molecule has 2 aliphatic heterocycles. The summed E-state index contributed by atoms with van der Waals surface area (Å²) >= 11 is 3.42. The van der Waals surface area contributed by atoms with E-state index < -0.39 is 0 Å². The van der Waals surface area contributed by atoms with Gasteiger partial charge in [-0.25, -0.2) is 0 Å². The van der Waals surface area contributed by atoms with E-state index in [-0.39, 0.29) is 0 Å². The summed E-state index contributed by atoms with van der Waals surface area (Å²) in [6.07, 6.45) is 5.41. The van der Waals surface area contributed by atoms with Crippen LogP contribution in [0.5, 0.6) is 0 Å². The molecule has 0 bridgehead atoms. The molecule has 0 saturated carbocycles. The minimum absolute atomic E-state index is 0.357. The average molecular weight is 304 g/mol. The van der Waals surface area contributed by atoms with Crippen LogP contribution in [0.4, 0.5) is 0 Å². The molecule has 1 unspecified atom stereocenters. The van der Waals surface area contributed by atoms with Crippen molar-refractivity contribution in [2.45, 2.75) is 37.9 Å². The van der Waals surface area contributed by atoms with E-state index in [1.54, 1.807) is 0 Å². The molecule has 0 aromatic heterocycles. The average Bonchev–Trinajstić information content (AvgIpc) is 2.80. The molecule has 0 N–H and O–H groups in total. The molecule has 3 nitrogen and oxygen atoms in total. The van der Waals surface area contributed by atoms with E-state index >= 15 is 0 Å². The first kappa shape index (κ1) is 13.5. The Morgan fingerprint density at radius 1 is 1.35 bits per heavy atom. The van der Waals surface area contributed by atoms with Crippen LogP contribution >= 0.6 is 15.9 Å². The zero-order valence-electron chi connectivity index (χ0n) is 10.4. The molecule has 0 spiro atoms. The normalized spacial score (nSPS) is 27.5. The molecular formula is C13H22BrNO2. The van der Waals surface area contributed by atoms with Crippen molar-refractivity contribution in [3.05, 3.63) is 11.1 Å². The Bertz CT molecular complexity index is 246. The van der Waals surface area contributed by atoms with Crippen LogP contribution in [0.1, 0.15) is 25.7 Å². The van der Waals surface area contributed by atoms with Crippen molar-refractivity contribution < 1.29 is 9.47 Å². The first-order valence-corrected chi connectivity index (χ1v) is 7.32. The van der Waals surface area contributed by atoms with Crippen LogP contribution in [0.15, 0.2) is 11.1 Å². The number of halogens is 1. The van der Waals surface area contributed by atoms with Crippen LogP contribution in [0, 0.1) is 0 Å². The molecule has 2 fully saturated rings. The summed E-state index contributed by atoms with van der Waals surface area (Å²) in [5, 5.41) is 0. The fourth-order valence-corrected chi connectivity index (χ4v) is 2.85. The van der Waals surface area contributed by atoms with Gasteiger partial charge in [0.1, 0.15) is 0 Å². The Balaban J connectivity index is 1.60. The third kappa shape index (κ3) is 4.70. The lowest BCUT2D eigenvalue weighted by molar-refractivity contribution is -0.0409. The maximum Gasteiger partial charge on any atom is 0.0809 e. The molecule has 4 heteroatoms. The molecule has 2 rings (SSSR count). The Kier molecular flexibility index (Phi) is 5.48. The number of piperidine rings is 1. The van der Waals surface area contributed by atoms with Gasteiger partial charge in [-0.3, -0.25) is 4.90 Å². The molecule has 0 radical (unpaired) electrons. The van der Waals surface area contributed by atoms with Crippen molar-refractivity contribution in [2.24, 2.45) is 0 Å². The highest BCUT2D eigenvalue weighted by Crippen LogP contribution is 2.18. The number of hydrogen-bond acceptors (Lipinski definition) is 3. The Morgan fingerprint density at radius 3 is 2.71 bits per heavy atom. The van der Waals surface area contributed by atoms with Crippen molar-refractivity contribution in [1.82, 2.24) is 4.90 Å². The van der Waals surface area contributed by atoms with E-state index in [1.807, 2.05) is 0 Å². The van der Waals surface area contributed by atoms with Crippen molar-refractivity contribution >= 4 is 15.9 Å². The Labute approximate surface area is 112 Å². The van der Waals surface area contributed by atoms with E-state index in [1.165, 1.54) is 12.8 Å². The van der Waals surface area contributed by atoms with Gasteiger partial charge in [0.2, 0.25) is 0 Å². The van der Waals surface area contributed by atoms with Crippen molar-refractivity contribution in [2.75, 3.05) is 32.8 Å². The van der Waals surface area contributed by atoms with E-state index in [0.717, 1.165) is 50.2 Å². The fraction of sp³-hybridized carbons (Fsp3) is 0.846. The summed E-state index contributed by atoms with van der Waals surface area (Å²) < 4.78 is 12.6. The van der Waals surface area contributed by atoms with Crippen LogP contribution in [0.2, 0.25) is 0 Å².